The van der Waals surface area contributed by atoms with Crippen molar-refractivity contribution in [1.82, 2.24) is 19.4 Å². The Kier molecular flexibility index (Phi) is 7.98. The van der Waals surface area contributed by atoms with Gasteiger partial charge in [-0.2, -0.15) is 5.26 Å². The summed E-state index contributed by atoms with van der Waals surface area (Å²) in [5.41, 5.74) is 2.76. The number of halogens is 2. The van der Waals surface area contributed by atoms with Crippen molar-refractivity contribution >= 4 is 61.6 Å². The van der Waals surface area contributed by atoms with Gasteiger partial charge in [0.05, 0.1) is 43.8 Å². The van der Waals surface area contributed by atoms with Crippen LogP contribution in [0.25, 0.3) is 32.2 Å². The molecule has 0 saturated carbocycles. The summed E-state index contributed by atoms with van der Waals surface area (Å²) in [6.07, 6.45) is 1.55. The van der Waals surface area contributed by atoms with Crippen molar-refractivity contribution in [2.75, 3.05) is 20.7 Å². The lowest BCUT2D eigenvalue weighted by Crippen LogP contribution is -2.27. The number of carboxylic acid groups (broad SMARTS) is 1. The maximum absolute atomic E-state index is 13.6. The Morgan fingerprint density at radius 1 is 1.22 bits per heavy atom. The maximum Gasteiger partial charge on any atom is 0.338 e. The zero-order valence-corrected chi connectivity index (χ0v) is 24.6. The number of aryl methyl sites for hydroxylation is 1. The quantitative estimate of drug-likeness (QED) is 0.228. The van der Waals surface area contributed by atoms with E-state index in [0.29, 0.717) is 44.4 Å². The fourth-order valence-corrected chi connectivity index (χ4v) is 6.18. The second-order valence-electron chi connectivity index (χ2n) is 9.56. The summed E-state index contributed by atoms with van der Waals surface area (Å²) in [5.74, 6) is -0.0798. The third-order valence-electron chi connectivity index (χ3n) is 6.54. The molecule has 12 heteroatoms. The molecule has 0 aliphatic carbocycles. The largest absolute Gasteiger partial charge is 0.491 e. The van der Waals surface area contributed by atoms with E-state index in [1.165, 1.54) is 15.9 Å². The molecule has 0 spiro atoms. The highest BCUT2D eigenvalue weighted by atomic mass is 35.5. The SMILES string of the molecule is Cc1nc2cc(CN(C)C)c(Cl)c(C#N)c2c(=O)n1CCOc1ccc(Cl)cc1-c1ccnc2c(C(=O)O)csc12. The van der Waals surface area contributed by atoms with Crippen LogP contribution in [0.2, 0.25) is 10.0 Å². The molecule has 1 N–H and O–H groups in total. The molecular formula is C29H23Cl2N5O4S. The standard InChI is InChI=1S/C29H23Cl2N5O4S/c1-15-34-22-10-16(13-35(2)3)25(31)20(12-32)24(22)28(37)36(15)8-9-40-23-5-4-17(30)11-19(23)18-6-7-33-26-21(29(38)39)14-41-27(18)26/h4-7,10-11,14H,8-9,13H2,1-3H3,(H,38,39). The van der Waals surface area contributed by atoms with Crippen LogP contribution in [0.1, 0.15) is 27.3 Å². The number of hydrogen-bond acceptors (Lipinski definition) is 8. The summed E-state index contributed by atoms with van der Waals surface area (Å²) in [6, 6.07) is 10.8. The maximum atomic E-state index is 13.6. The van der Waals surface area contributed by atoms with Gasteiger partial charge in [0.1, 0.15) is 24.3 Å². The average molecular weight is 609 g/mol. The van der Waals surface area contributed by atoms with Crippen molar-refractivity contribution in [3.05, 3.63) is 84.8 Å². The Balaban J connectivity index is 1.49. The van der Waals surface area contributed by atoms with Crippen LogP contribution in [0, 0.1) is 18.3 Å². The van der Waals surface area contributed by atoms with E-state index in [9.17, 15) is 20.0 Å². The molecule has 0 bridgehead atoms. The molecule has 0 unspecified atom stereocenters. The first kappa shape index (κ1) is 28.5. The first-order valence-electron chi connectivity index (χ1n) is 12.4. The van der Waals surface area contributed by atoms with Gasteiger partial charge in [-0.1, -0.05) is 23.2 Å². The summed E-state index contributed by atoms with van der Waals surface area (Å²) in [5, 5.41) is 21.8. The van der Waals surface area contributed by atoms with Crippen LogP contribution in [0.5, 0.6) is 5.75 Å². The lowest BCUT2D eigenvalue weighted by Gasteiger charge is -2.17. The summed E-state index contributed by atoms with van der Waals surface area (Å²) < 4.78 is 8.30. The zero-order valence-electron chi connectivity index (χ0n) is 22.2. The molecule has 0 fully saturated rings. The molecule has 0 radical (unpaired) electrons. The van der Waals surface area contributed by atoms with E-state index in [2.05, 4.69) is 16.0 Å². The number of aromatic carboxylic acids is 1. The van der Waals surface area contributed by atoms with E-state index in [1.807, 2.05) is 19.0 Å². The number of rotatable bonds is 8. The monoisotopic (exact) mass is 607 g/mol. The minimum atomic E-state index is -1.05. The van der Waals surface area contributed by atoms with Gasteiger partial charge in [0.15, 0.2) is 0 Å². The van der Waals surface area contributed by atoms with Gasteiger partial charge in [-0.3, -0.25) is 14.3 Å². The number of carboxylic acids is 1. The van der Waals surface area contributed by atoms with Gasteiger partial charge in [-0.15, -0.1) is 11.3 Å². The van der Waals surface area contributed by atoms with Gasteiger partial charge >= 0.3 is 5.97 Å². The van der Waals surface area contributed by atoms with E-state index in [4.69, 9.17) is 27.9 Å². The third-order valence-corrected chi connectivity index (χ3v) is 8.21. The Morgan fingerprint density at radius 2 is 2.00 bits per heavy atom. The molecule has 0 aliphatic heterocycles. The Hall–Kier alpha value is -4.01. The fraction of sp³-hybridized carbons (Fsp3) is 0.207. The molecule has 3 aromatic heterocycles. The second kappa shape index (κ2) is 11.5. The van der Waals surface area contributed by atoms with Crippen molar-refractivity contribution in [3.63, 3.8) is 0 Å². The molecule has 9 nitrogen and oxygen atoms in total. The van der Waals surface area contributed by atoms with Crippen molar-refractivity contribution in [2.45, 2.75) is 20.0 Å². The second-order valence-corrected chi connectivity index (χ2v) is 11.3. The number of carbonyl (C=O) groups is 1. The number of ether oxygens (including phenoxy) is 1. The minimum absolute atomic E-state index is 0.103. The molecule has 0 aliphatic rings. The Labute approximate surface area is 248 Å². The smallest absolute Gasteiger partial charge is 0.338 e. The fourth-order valence-electron chi connectivity index (χ4n) is 4.73. The summed E-state index contributed by atoms with van der Waals surface area (Å²) in [4.78, 5) is 36.0. The molecule has 0 saturated heterocycles. The molecular weight excluding hydrogens is 585 g/mol. The molecule has 3 heterocycles. The van der Waals surface area contributed by atoms with Gasteiger partial charge in [-0.25, -0.2) is 9.78 Å². The molecule has 0 amide bonds. The van der Waals surface area contributed by atoms with Gasteiger partial charge in [0.2, 0.25) is 0 Å². The lowest BCUT2D eigenvalue weighted by atomic mass is 10.0. The molecule has 0 atom stereocenters. The Bertz CT molecular complexity index is 1940. The number of pyridine rings is 1. The highest BCUT2D eigenvalue weighted by molar-refractivity contribution is 7.18. The average Bonchev–Trinajstić information content (AvgIpc) is 3.37. The van der Waals surface area contributed by atoms with Crippen LogP contribution in [-0.2, 0) is 13.1 Å². The van der Waals surface area contributed by atoms with Gasteiger partial charge in [-0.05, 0) is 56.9 Å². The summed E-state index contributed by atoms with van der Waals surface area (Å²) >= 11 is 14.1. The highest BCUT2D eigenvalue weighted by Gasteiger charge is 2.20. The molecule has 208 valence electrons. The summed E-state index contributed by atoms with van der Waals surface area (Å²) in [7, 11) is 3.78. The van der Waals surface area contributed by atoms with E-state index in [-0.39, 0.29) is 40.2 Å². The number of hydrogen-bond donors (Lipinski definition) is 1. The van der Waals surface area contributed by atoms with Crippen LogP contribution in [-0.4, -0.2) is 51.2 Å². The predicted octanol–water partition coefficient (Wildman–Crippen LogP) is 6.00. The van der Waals surface area contributed by atoms with Crippen LogP contribution in [0.3, 0.4) is 0 Å². The lowest BCUT2D eigenvalue weighted by molar-refractivity contribution is 0.0699. The first-order valence-corrected chi connectivity index (χ1v) is 14.0. The minimum Gasteiger partial charge on any atom is -0.491 e. The normalized spacial score (nSPS) is 11.3. The zero-order chi connectivity index (χ0) is 29.4. The number of aromatic nitrogens is 3. The van der Waals surface area contributed by atoms with Crippen molar-refractivity contribution < 1.29 is 14.6 Å². The van der Waals surface area contributed by atoms with Crippen LogP contribution >= 0.6 is 34.5 Å². The van der Waals surface area contributed by atoms with E-state index >= 15 is 0 Å². The van der Waals surface area contributed by atoms with Crippen LogP contribution < -0.4 is 10.3 Å². The number of thiophene rings is 1. The van der Waals surface area contributed by atoms with E-state index in [0.717, 1.165) is 11.1 Å². The Morgan fingerprint density at radius 3 is 2.71 bits per heavy atom. The number of benzene rings is 2. The van der Waals surface area contributed by atoms with E-state index in [1.54, 1.807) is 48.8 Å². The molecule has 2 aromatic carbocycles. The highest BCUT2D eigenvalue weighted by Crippen LogP contribution is 2.39. The van der Waals surface area contributed by atoms with Gasteiger partial charge in [0.25, 0.3) is 5.56 Å². The van der Waals surface area contributed by atoms with Crippen LogP contribution in [0.4, 0.5) is 0 Å². The van der Waals surface area contributed by atoms with Crippen LogP contribution in [0.15, 0.2) is 46.7 Å². The molecule has 41 heavy (non-hydrogen) atoms. The van der Waals surface area contributed by atoms with Crippen molar-refractivity contribution in [2.24, 2.45) is 0 Å². The summed E-state index contributed by atoms with van der Waals surface area (Å²) in [6.45, 7) is 2.49. The van der Waals surface area contributed by atoms with Crippen molar-refractivity contribution in [3.8, 4) is 22.9 Å². The topological polar surface area (TPSA) is 121 Å². The number of nitrogens with zero attached hydrogens (tertiary/aromatic N) is 5. The third kappa shape index (κ3) is 5.37. The molecule has 5 aromatic rings. The number of nitriles is 1. The van der Waals surface area contributed by atoms with Gasteiger partial charge in [0, 0.05) is 34.3 Å². The van der Waals surface area contributed by atoms with Crippen molar-refractivity contribution in [1.29, 1.82) is 5.26 Å². The first-order chi connectivity index (χ1) is 19.6. The molecule has 5 rings (SSSR count). The predicted molar refractivity (Wildman–Crippen MR) is 160 cm³/mol. The number of fused-ring (bicyclic) bond motifs is 2. The van der Waals surface area contributed by atoms with Gasteiger partial charge < -0.3 is 14.7 Å². The van der Waals surface area contributed by atoms with E-state index < -0.39 is 5.97 Å².